The number of nitrogens with zero attached hydrogens (tertiary/aromatic N) is 3. The molecule has 0 spiro atoms. The number of aliphatic hydroxyl groups excluding tert-OH is 1. The van der Waals surface area contributed by atoms with Crippen molar-refractivity contribution in [3.8, 4) is 0 Å². The molecule has 35 heavy (non-hydrogen) atoms. The van der Waals surface area contributed by atoms with Gasteiger partial charge in [0.2, 0.25) is 0 Å². The number of aliphatic imine (C=N–C) groups is 1. The molecular formula is C29H37N3O3. The highest BCUT2D eigenvalue weighted by Gasteiger charge is 2.30. The second kappa shape index (κ2) is 11.6. The molecular weight excluding hydrogens is 438 g/mol. The lowest BCUT2D eigenvalue weighted by atomic mass is 9.95. The maximum atomic E-state index is 13.4. The molecule has 0 bridgehead atoms. The van der Waals surface area contributed by atoms with E-state index in [1.54, 1.807) is 11.0 Å². The molecule has 1 N–H and O–H groups in total. The minimum absolute atomic E-state index is 0.0637. The van der Waals surface area contributed by atoms with E-state index in [2.05, 4.69) is 47.7 Å². The van der Waals surface area contributed by atoms with Crippen LogP contribution in [0.2, 0.25) is 0 Å². The van der Waals surface area contributed by atoms with Gasteiger partial charge in [0, 0.05) is 39.1 Å². The lowest BCUT2D eigenvalue weighted by Gasteiger charge is -2.33. The first kappa shape index (κ1) is 25.1. The van der Waals surface area contributed by atoms with Gasteiger partial charge in [-0.05, 0) is 41.7 Å². The molecule has 1 saturated heterocycles. The molecule has 2 heterocycles. The van der Waals surface area contributed by atoms with Gasteiger partial charge in [-0.2, -0.15) is 0 Å². The summed E-state index contributed by atoms with van der Waals surface area (Å²) in [6, 6.07) is 14.4. The van der Waals surface area contributed by atoms with E-state index in [4.69, 9.17) is 4.74 Å². The first-order chi connectivity index (χ1) is 17.0. The Kier molecular flexibility index (Phi) is 8.37. The summed E-state index contributed by atoms with van der Waals surface area (Å²) in [5, 5.41) is 12.4. The van der Waals surface area contributed by atoms with E-state index in [0.717, 1.165) is 54.4 Å². The number of fused-ring (bicyclic) bond motifs is 1. The molecule has 4 rings (SSSR count). The van der Waals surface area contributed by atoms with Gasteiger partial charge >= 0.3 is 0 Å². The van der Waals surface area contributed by atoms with Crippen LogP contribution in [-0.4, -0.2) is 72.5 Å². The second-order valence-corrected chi connectivity index (χ2v) is 9.66. The number of aliphatic hydroxyl groups is 1. The van der Waals surface area contributed by atoms with Crippen LogP contribution in [0.15, 0.2) is 71.9 Å². The van der Waals surface area contributed by atoms with E-state index < -0.39 is 0 Å². The molecule has 6 heteroatoms. The van der Waals surface area contributed by atoms with Gasteiger partial charge in [0.05, 0.1) is 17.9 Å². The number of benzene rings is 2. The highest BCUT2D eigenvalue weighted by Crippen LogP contribution is 2.30. The van der Waals surface area contributed by atoms with Crippen molar-refractivity contribution in [2.45, 2.75) is 38.3 Å². The first-order valence-electron chi connectivity index (χ1n) is 12.6. The van der Waals surface area contributed by atoms with Crippen LogP contribution in [0.25, 0.3) is 10.8 Å². The Balaban J connectivity index is 1.55. The minimum atomic E-state index is -0.308. The lowest BCUT2D eigenvalue weighted by Crippen LogP contribution is -2.40. The molecule has 2 aromatic carbocycles. The van der Waals surface area contributed by atoms with E-state index in [0.29, 0.717) is 24.8 Å². The van der Waals surface area contributed by atoms with Gasteiger partial charge in [0.15, 0.2) is 6.61 Å². The molecule has 0 radical (unpaired) electrons. The number of ether oxygens (including phenoxy) is 1. The predicted octanol–water partition coefficient (Wildman–Crippen LogP) is 4.36. The number of carbonyl (C=O) groups is 1. The molecule has 2 aliphatic rings. The second-order valence-electron chi connectivity index (χ2n) is 9.66. The molecule has 3 atom stereocenters. The maximum Gasteiger partial charge on any atom is 0.260 e. The first-order valence-corrected chi connectivity index (χ1v) is 12.6. The Hall–Kier alpha value is -2.96. The standard InChI is InChI=1S/C29H37N3O3/c1-4-9-27(29-21(2)10-8-16-30-29)35-20-28(34)31(3)26(19-32-17-15-23(33)18-32)25-14-7-12-22-11-5-6-13-24(22)25/h4-7,9,11-14,21,23,26,33H,1,8,10,15-20H2,2-3H3/b27-9+. The fraction of sp³-hybridized carbons (Fsp3) is 0.448. The van der Waals surface area contributed by atoms with Gasteiger partial charge in [-0.15, -0.1) is 0 Å². The van der Waals surface area contributed by atoms with Gasteiger partial charge < -0.3 is 14.7 Å². The average molecular weight is 476 g/mol. The van der Waals surface area contributed by atoms with Crippen LogP contribution in [0.3, 0.4) is 0 Å². The molecule has 0 saturated carbocycles. The highest BCUT2D eigenvalue weighted by molar-refractivity contribution is 6.00. The lowest BCUT2D eigenvalue weighted by molar-refractivity contribution is -0.135. The van der Waals surface area contributed by atoms with Gasteiger partial charge in [-0.25, -0.2) is 0 Å². The van der Waals surface area contributed by atoms with E-state index in [1.165, 1.54) is 0 Å². The number of amides is 1. The van der Waals surface area contributed by atoms with Crippen molar-refractivity contribution >= 4 is 22.4 Å². The summed E-state index contributed by atoms with van der Waals surface area (Å²) in [6.07, 6.45) is 6.09. The van der Waals surface area contributed by atoms with Crippen LogP contribution in [-0.2, 0) is 9.53 Å². The van der Waals surface area contributed by atoms with Gasteiger partial charge in [-0.3, -0.25) is 14.7 Å². The summed E-state index contributed by atoms with van der Waals surface area (Å²) >= 11 is 0. The number of likely N-dealkylation sites (tertiary alicyclic amines) is 1. The fourth-order valence-electron chi connectivity index (χ4n) is 5.13. The van der Waals surface area contributed by atoms with E-state index >= 15 is 0 Å². The Labute approximate surface area is 208 Å². The number of β-amino-alcohol motifs (C(OH)–C–C–N with tert-alkyl or cyclic N) is 1. The maximum absolute atomic E-state index is 13.4. The molecule has 6 nitrogen and oxygen atoms in total. The molecule has 2 aromatic rings. The molecule has 1 fully saturated rings. The van der Waals surface area contributed by atoms with Gasteiger partial charge in [0.25, 0.3) is 5.91 Å². The smallest absolute Gasteiger partial charge is 0.260 e. The summed E-state index contributed by atoms with van der Waals surface area (Å²) in [7, 11) is 1.85. The van der Waals surface area contributed by atoms with Crippen LogP contribution < -0.4 is 0 Å². The SMILES string of the molecule is C=C/C=C(/OCC(=O)N(C)C(CN1CCC(O)C1)c1cccc2ccccc12)C1=NCCCC1C. The van der Waals surface area contributed by atoms with Crippen molar-refractivity contribution in [2.75, 3.05) is 39.8 Å². The summed E-state index contributed by atoms with van der Waals surface area (Å²) in [4.78, 5) is 22.1. The van der Waals surface area contributed by atoms with Crippen LogP contribution in [0, 0.1) is 5.92 Å². The predicted molar refractivity (Wildman–Crippen MR) is 141 cm³/mol. The third-order valence-corrected chi connectivity index (χ3v) is 7.14. The normalized spacial score (nSPS) is 22.0. The molecule has 2 aliphatic heterocycles. The molecule has 3 unspecified atom stereocenters. The van der Waals surface area contributed by atoms with Crippen molar-refractivity contribution < 1.29 is 14.6 Å². The van der Waals surface area contributed by atoms with Crippen LogP contribution >= 0.6 is 0 Å². The largest absolute Gasteiger partial charge is 0.482 e. The van der Waals surface area contributed by atoms with E-state index in [1.807, 2.05) is 31.3 Å². The Bertz CT molecular complexity index is 1100. The van der Waals surface area contributed by atoms with E-state index in [9.17, 15) is 9.90 Å². The average Bonchev–Trinajstić information content (AvgIpc) is 3.29. The van der Waals surface area contributed by atoms with Crippen molar-refractivity contribution in [1.82, 2.24) is 9.80 Å². The Morgan fingerprint density at radius 1 is 1.29 bits per heavy atom. The summed E-state index contributed by atoms with van der Waals surface area (Å²) in [5.41, 5.74) is 2.02. The summed E-state index contributed by atoms with van der Waals surface area (Å²) < 4.78 is 6.05. The van der Waals surface area contributed by atoms with Crippen molar-refractivity contribution in [1.29, 1.82) is 0 Å². The Morgan fingerprint density at radius 2 is 2.09 bits per heavy atom. The van der Waals surface area contributed by atoms with Crippen molar-refractivity contribution in [2.24, 2.45) is 10.9 Å². The molecule has 0 aromatic heterocycles. The fourth-order valence-corrected chi connectivity index (χ4v) is 5.13. The number of allylic oxidation sites excluding steroid dienone is 3. The van der Waals surface area contributed by atoms with Crippen LogP contribution in [0.4, 0.5) is 0 Å². The molecule has 186 valence electrons. The number of likely N-dealkylation sites (N-methyl/N-ethyl adjacent to an activating group) is 1. The quantitative estimate of drug-likeness (QED) is 0.432. The molecule has 1 amide bonds. The summed E-state index contributed by atoms with van der Waals surface area (Å²) in [6.45, 7) is 8.79. The summed E-state index contributed by atoms with van der Waals surface area (Å²) in [5.74, 6) is 0.841. The third kappa shape index (κ3) is 6.00. The number of hydrogen-bond acceptors (Lipinski definition) is 5. The number of rotatable bonds is 9. The number of hydrogen-bond donors (Lipinski definition) is 1. The number of carbonyl (C=O) groups excluding carboxylic acids is 1. The van der Waals surface area contributed by atoms with Gasteiger partial charge in [-0.1, -0.05) is 62.0 Å². The van der Waals surface area contributed by atoms with Crippen LogP contribution in [0.5, 0.6) is 0 Å². The van der Waals surface area contributed by atoms with E-state index in [-0.39, 0.29) is 24.7 Å². The zero-order chi connectivity index (χ0) is 24.8. The zero-order valence-corrected chi connectivity index (χ0v) is 20.9. The Morgan fingerprint density at radius 3 is 2.83 bits per heavy atom. The highest BCUT2D eigenvalue weighted by atomic mass is 16.5. The monoisotopic (exact) mass is 475 g/mol. The molecule has 0 aliphatic carbocycles. The topological polar surface area (TPSA) is 65.4 Å². The van der Waals surface area contributed by atoms with Crippen LogP contribution in [0.1, 0.15) is 37.8 Å². The van der Waals surface area contributed by atoms with Crippen molar-refractivity contribution in [3.05, 3.63) is 72.5 Å². The van der Waals surface area contributed by atoms with Gasteiger partial charge in [0.1, 0.15) is 5.76 Å². The third-order valence-electron chi connectivity index (χ3n) is 7.14. The van der Waals surface area contributed by atoms with Crippen molar-refractivity contribution in [3.63, 3.8) is 0 Å². The zero-order valence-electron chi connectivity index (χ0n) is 20.9. The minimum Gasteiger partial charge on any atom is -0.482 e.